The molecule has 7 nitrogen and oxygen atoms in total. The Morgan fingerprint density at radius 3 is 2.67 bits per heavy atom. The first kappa shape index (κ1) is 14.9. The molecule has 0 bridgehead atoms. The standard InChI is InChI=1S/C9H11Cl2N3O4/c10-2-1-6(15)7(16)4-3-5(14(17)18)9(12)13-8(4)11/h3,6-7,15-16H,1-2H2,(H2,12,13). The lowest BCUT2D eigenvalue weighted by Crippen LogP contribution is -2.19. The maximum absolute atomic E-state index is 10.7. The van der Waals surface area contributed by atoms with Crippen LogP contribution in [0.25, 0.3) is 0 Å². The van der Waals surface area contributed by atoms with Gasteiger partial charge in [-0.05, 0) is 6.42 Å². The first-order valence-corrected chi connectivity index (χ1v) is 5.82. The van der Waals surface area contributed by atoms with Crippen molar-refractivity contribution < 1.29 is 15.1 Å². The second-order valence-corrected chi connectivity index (χ2v) is 4.26. The lowest BCUT2D eigenvalue weighted by molar-refractivity contribution is -0.384. The number of aliphatic hydroxyl groups is 2. The van der Waals surface area contributed by atoms with Crippen LogP contribution < -0.4 is 5.73 Å². The third-order valence-corrected chi connectivity index (χ3v) is 2.82. The molecule has 0 aliphatic rings. The highest BCUT2D eigenvalue weighted by molar-refractivity contribution is 6.30. The van der Waals surface area contributed by atoms with E-state index in [0.717, 1.165) is 6.07 Å². The number of alkyl halides is 1. The summed E-state index contributed by atoms with van der Waals surface area (Å²) < 4.78 is 0. The summed E-state index contributed by atoms with van der Waals surface area (Å²) in [6.45, 7) is 0. The molecule has 0 fully saturated rings. The minimum absolute atomic E-state index is 0.0600. The SMILES string of the molecule is Nc1nc(Cl)c(C(O)C(O)CCCl)cc1[N+](=O)[O-]. The summed E-state index contributed by atoms with van der Waals surface area (Å²) in [6, 6.07) is 0.993. The van der Waals surface area contributed by atoms with Crippen LogP contribution in [0.15, 0.2) is 6.07 Å². The molecular formula is C9H11Cl2N3O4. The van der Waals surface area contributed by atoms with Gasteiger partial charge in [0.1, 0.15) is 11.3 Å². The molecular weight excluding hydrogens is 285 g/mol. The van der Waals surface area contributed by atoms with E-state index in [1.165, 1.54) is 0 Å². The number of pyridine rings is 1. The topological polar surface area (TPSA) is 123 Å². The Labute approximate surface area is 112 Å². The molecule has 4 N–H and O–H groups in total. The summed E-state index contributed by atoms with van der Waals surface area (Å²) in [5.74, 6) is -0.229. The summed E-state index contributed by atoms with van der Waals surface area (Å²) in [4.78, 5) is 13.5. The number of hydrogen-bond donors (Lipinski definition) is 3. The van der Waals surface area contributed by atoms with Gasteiger partial charge in [0.05, 0.1) is 11.0 Å². The van der Waals surface area contributed by atoms with E-state index < -0.39 is 22.8 Å². The Kier molecular flexibility index (Phi) is 5.09. The molecule has 0 saturated carbocycles. The van der Waals surface area contributed by atoms with E-state index in [1.807, 2.05) is 0 Å². The van der Waals surface area contributed by atoms with Gasteiger partial charge >= 0.3 is 5.69 Å². The summed E-state index contributed by atoms with van der Waals surface area (Å²) in [7, 11) is 0. The number of aromatic nitrogens is 1. The fourth-order valence-corrected chi connectivity index (χ4v) is 1.82. The van der Waals surface area contributed by atoms with E-state index in [1.54, 1.807) is 0 Å². The second kappa shape index (κ2) is 6.14. The minimum Gasteiger partial charge on any atom is -0.390 e. The van der Waals surface area contributed by atoms with Gasteiger partial charge in [-0.1, -0.05) is 11.6 Å². The number of rotatable bonds is 5. The van der Waals surface area contributed by atoms with Gasteiger partial charge in [0.15, 0.2) is 0 Å². The third-order valence-electron chi connectivity index (χ3n) is 2.30. The van der Waals surface area contributed by atoms with Gasteiger partial charge in [-0.2, -0.15) is 0 Å². The molecule has 0 aliphatic heterocycles. The Hall–Kier alpha value is -1.15. The largest absolute Gasteiger partial charge is 0.390 e. The van der Waals surface area contributed by atoms with Crippen LogP contribution in [-0.4, -0.2) is 32.1 Å². The molecule has 0 aliphatic carbocycles. The Morgan fingerprint density at radius 1 is 1.56 bits per heavy atom. The first-order valence-electron chi connectivity index (χ1n) is 4.90. The molecule has 1 aromatic rings. The minimum atomic E-state index is -1.41. The third kappa shape index (κ3) is 3.20. The predicted octanol–water partition coefficient (Wildman–Crippen LogP) is 1.25. The number of anilines is 1. The molecule has 0 radical (unpaired) electrons. The van der Waals surface area contributed by atoms with Crippen LogP contribution in [0.5, 0.6) is 0 Å². The zero-order valence-electron chi connectivity index (χ0n) is 9.08. The summed E-state index contributed by atoms with van der Waals surface area (Å²) in [6.07, 6.45) is -2.50. The lowest BCUT2D eigenvalue weighted by Gasteiger charge is -2.17. The van der Waals surface area contributed by atoms with E-state index >= 15 is 0 Å². The van der Waals surface area contributed by atoms with Gasteiger partial charge in [-0.15, -0.1) is 11.6 Å². The first-order chi connectivity index (χ1) is 8.38. The van der Waals surface area contributed by atoms with Crippen LogP contribution in [0.4, 0.5) is 11.5 Å². The van der Waals surface area contributed by atoms with Crippen molar-refractivity contribution in [3.63, 3.8) is 0 Å². The Bertz CT molecular complexity index is 458. The van der Waals surface area contributed by atoms with Crippen LogP contribution in [0.3, 0.4) is 0 Å². The molecule has 100 valence electrons. The highest BCUT2D eigenvalue weighted by Crippen LogP contribution is 2.31. The fraction of sp³-hybridized carbons (Fsp3) is 0.444. The summed E-state index contributed by atoms with van der Waals surface area (Å²) in [5.41, 5.74) is 4.78. The molecule has 18 heavy (non-hydrogen) atoms. The number of nitrogen functional groups attached to an aromatic ring is 1. The van der Waals surface area contributed by atoms with Gasteiger partial charge in [0.2, 0.25) is 5.82 Å². The maximum Gasteiger partial charge on any atom is 0.311 e. The van der Waals surface area contributed by atoms with Crippen molar-refractivity contribution in [3.05, 3.63) is 26.9 Å². The number of hydrogen-bond acceptors (Lipinski definition) is 6. The monoisotopic (exact) mass is 295 g/mol. The van der Waals surface area contributed by atoms with Crippen molar-refractivity contribution >= 4 is 34.7 Å². The van der Waals surface area contributed by atoms with E-state index in [0.29, 0.717) is 0 Å². The molecule has 1 rings (SSSR count). The molecule has 0 spiro atoms. The zero-order chi connectivity index (χ0) is 13.9. The maximum atomic E-state index is 10.7. The summed E-state index contributed by atoms with van der Waals surface area (Å²) in [5, 5.41) is 29.9. The smallest absolute Gasteiger partial charge is 0.311 e. The van der Waals surface area contributed by atoms with E-state index in [4.69, 9.17) is 28.9 Å². The second-order valence-electron chi connectivity index (χ2n) is 3.52. The van der Waals surface area contributed by atoms with Crippen LogP contribution in [0.1, 0.15) is 18.1 Å². The molecule has 0 aromatic carbocycles. The predicted molar refractivity (Wildman–Crippen MR) is 66.6 cm³/mol. The molecule has 2 atom stereocenters. The van der Waals surface area contributed by atoms with E-state index in [-0.39, 0.29) is 28.8 Å². The van der Waals surface area contributed by atoms with Crippen LogP contribution in [0, 0.1) is 10.1 Å². The molecule has 0 amide bonds. The number of nitrogens with zero attached hydrogens (tertiary/aromatic N) is 2. The van der Waals surface area contributed by atoms with Crippen molar-refractivity contribution in [1.82, 2.24) is 4.98 Å². The van der Waals surface area contributed by atoms with Crippen molar-refractivity contribution in [1.29, 1.82) is 0 Å². The van der Waals surface area contributed by atoms with Gasteiger partial charge in [0, 0.05) is 17.5 Å². The van der Waals surface area contributed by atoms with Crippen LogP contribution in [-0.2, 0) is 0 Å². The van der Waals surface area contributed by atoms with Crippen molar-refractivity contribution in [2.24, 2.45) is 0 Å². The van der Waals surface area contributed by atoms with Gasteiger partial charge in [-0.25, -0.2) is 4.98 Å². The zero-order valence-corrected chi connectivity index (χ0v) is 10.6. The molecule has 2 unspecified atom stereocenters. The number of nitrogens with two attached hydrogens (primary N) is 1. The molecule has 1 aromatic heterocycles. The quantitative estimate of drug-likeness (QED) is 0.325. The van der Waals surface area contributed by atoms with Gasteiger partial charge in [0.25, 0.3) is 0 Å². The normalized spacial score (nSPS) is 14.2. The van der Waals surface area contributed by atoms with Crippen molar-refractivity contribution in [2.75, 3.05) is 11.6 Å². The highest BCUT2D eigenvalue weighted by atomic mass is 35.5. The van der Waals surface area contributed by atoms with E-state index in [9.17, 15) is 20.3 Å². The van der Waals surface area contributed by atoms with Crippen molar-refractivity contribution in [3.8, 4) is 0 Å². The Balaban J connectivity index is 3.15. The van der Waals surface area contributed by atoms with Gasteiger partial charge in [-0.3, -0.25) is 10.1 Å². The van der Waals surface area contributed by atoms with Crippen molar-refractivity contribution in [2.45, 2.75) is 18.6 Å². The van der Waals surface area contributed by atoms with E-state index in [2.05, 4.69) is 4.98 Å². The summed E-state index contributed by atoms with van der Waals surface area (Å²) >= 11 is 11.2. The lowest BCUT2D eigenvalue weighted by atomic mass is 10.0. The number of halogens is 2. The van der Waals surface area contributed by atoms with Crippen LogP contribution in [0.2, 0.25) is 5.15 Å². The molecule has 9 heteroatoms. The highest BCUT2D eigenvalue weighted by Gasteiger charge is 2.25. The molecule has 1 heterocycles. The van der Waals surface area contributed by atoms with Gasteiger partial charge < -0.3 is 15.9 Å². The fourth-order valence-electron chi connectivity index (χ4n) is 1.34. The number of nitro groups is 1. The Morgan fingerprint density at radius 2 is 2.17 bits per heavy atom. The molecule has 0 saturated heterocycles. The number of aliphatic hydroxyl groups excluding tert-OH is 2. The van der Waals surface area contributed by atoms with Crippen LogP contribution >= 0.6 is 23.2 Å². The average Bonchev–Trinajstić information content (AvgIpc) is 2.28. The average molecular weight is 296 g/mol.